The maximum absolute atomic E-state index is 11.9. The highest BCUT2D eigenvalue weighted by Crippen LogP contribution is 2.19. The second kappa shape index (κ2) is 4.06. The zero-order valence-electron chi connectivity index (χ0n) is 8.91. The largest absolute Gasteiger partial charge is 0.398 e. The summed E-state index contributed by atoms with van der Waals surface area (Å²) in [7, 11) is -3.79. The molecule has 0 aliphatic heterocycles. The van der Waals surface area contributed by atoms with Crippen molar-refractivity contribution in [2.75, 3.05) is 10.5 Å². The minimum Gasteiger partial charge on any atom is -0.398 e. The van der Waals surface area contributed by atoms with Gasteiger partial charge in [0.15, 0.2) is 5.82 Å². The van der Waals surface area contributed by atoms with Gasteiger partial charge in [-0.1, -0.05) is 5.16 Å². The Morgan fingerprint density at radius 2 is 2.24 bits per heavy atom. The van der Waals surface area contributed by atoms with E-state index in [2.05, 4.69) is 14.9 Å². The molecule has 0 radical (unpaired) electrons. The van der Waals surface area contributed by atoms with Crippen LogP contribution in [0, 0.1) is 6.92 Å². The second-order valence-corrected chi connectivity index (χ2v) is 4.99. The molecule has 3 N–H and O–H groups in total. The molecule has 2 rings (SSSR count). The number of nitrogen functional groups attached to an aromatic ring is 1. The number of hydrogen-bond donors (Lipinski definition) is 2. The van der Waals surface area contributed by atoms with Gasteiger partial charge in [0.1, 0.15) is 10.7 Å². The van der Waals surface area contributed by atoms with Gasteiger partial charge < -0.3 is 10.3 Å². The number of aromatic nitrogens is 2. The van der Waals surface area contributed by atoms with Crippen LogP contribution >= 0.6 is 0 Å². The number of nitrogens with zero attached hydrogens (tertiary/aromatic N) is 2. The zero-order valence-corrected chi connectivity index (χ0v) is 9.73. The van der Waals surface area contributed by atoms with Crippen molar-refractivity contribution >= 4 is 21.5 Å². The van der Waals surface area contributed by atoms with Gasteiger partial charge in [-0.3, -0.25) is 9.71 Å². The van der Waals surface area contributed by atoms with Gasteiger partial charge in [-0.05, 0) is 13.0 Å². The molecule has 90 valence electrons. The maximum atomic E-state index is 11.9. The minimum absolute atomic E-state index is 0.0966. The lowest BCUT2D eigenvalue weighted by atomic mass is 10.4. The number of pyridine rings is 1. The topological polar surface area (TPSA) is 111 Å². The standard InChI is InChI=1S/C9H10N4O3S/c1-6-4-9(12-16-6)13-17(14,15)8-5-11-3-2-7(8)10/h2-5H,1H3,(H2,10,11)(H,12,13). The van der Waals surface area contributed by atoms with E-state index in [1.54, 1.807) is 6.92 Å². The Hall–Kier alpha value is -2.09. The zero-order chi connectivity index (χ0) is 12.5. The van der Waals surface area contributed by atoms with Crippen LogP contribution in [0.5, 0.6) is 0 Å². The number of nitrogens with one attached hydrogen (secondary N) is 1. The minimum atomic E-state index is -3.79. The van der Waals surface area contributed by atoms with Crippen LogP contribution in [0.4, 0.5) is 11.5 Å². The molecule has 0 unspecified atom stereocenters. The molecule has 2 aromatic heterocycles. The molecule has 0 aliphatic rings. The maximum Gasteiger partial charge on any atom is 0.266 e. The lowest BCUT2D eigenvalue weighted by molar-refractivity contribution is 0.400. The van der Waals surface area contributed by atoms with E-state index in [1.807, 2.05) is 0 Å². The van der Waals surface area contributed by atoms with Crippen molar-refractivity contribution in [3.8, 4) is 0 Å². The summed E-state index contributed by atoms with van der Waals surface area (Å²) in [5.74, 6) is 0.604. The Labute approximate surface area is 97.7 Å². The molecule has 0 atom stereocenters. The van der Waals surface area contributed by atoms with E-state index in [4.69, 9.17) is 10.3 Å². The van der Waals surface area contributed by atoms with E-state index >= 15 is 0 Å². The lowest BCUT2D eigenvalue weighted by Gasteiger charge is -2.06. The van der Waals surface area contributed by atoms with E-state index in [1.165, 1.54) is 24.5 Å². The van der Waals surface area contributed by atoms with E-state index in [0.717, 1.165) is 0 Å². The van der Waals surface area contributed by atoms with E-state index in [9.17, 15) is 8.42 Å². The van der Waals surface area contributed by atoms with Gasteiger partial charge in [0.25, 0.3) is 10.0 Å². The molecule has 0 aromatic carbocycles. The molecule has 7 nitrogen and oxygen atoms in total. The van der Waals surface area contributed by atoms with Crippen LogP contribution in [-0.2, 0) is 10.0 Å². The summed E-state index contributed by atoms with van der Waals surface area (Å²) in [5.41, 5.74) is 5.68. The SMILES string of the molecule is Cc1cc(NS(=O)(=O)c2cnccc2N)no1. The van der Waals surface area contributed by atoms with Crippen molar-refractivity contribution in [2.24, 2.45) is 0 Å². The number of rotatable bonds is 3. The van der Waals surface area contributed by atoms with E-state index in [-0.39, 0.29) is 16.4 Å². The fourth-order valence-electron chi connectivity index (χ4n) is 1.22. The molecule has 0 fully saturated rings. The first-order valence-corrected chi connectivity index (χ1v) is 6.13. The molecule has 2 heterocycles. The van der Waals surface area contributed by atoms with Crippen LogP contribution in [0.25, 0.3) is 0 Å². The van der Waals surface area contributed by atoms with Crippen molar-refractivity contribution in [1.82, 2.24) is 10.1 Å². The molecule has 0 bridgehead atoms. The molecular formula is C9H10N4O3S. The molecule has 8 heteroatoms. The summed E-state index contributed by atoms with van der Waals surface area (Å²) < 4.78 is 30.8. The molecular weight excluding hydrogens is 244 g/mol. The number of sulfonamides is 1. The van der Waals surface area contributed by atoms with Crippen LogP contribution in [0.3, 0.4) is 0 Å². The van der Waals surface area contributed by atoms with Gasteiger partial charge in [0, 0.05) is 18.5 Å². The predicted molar refractivity (Wildman–Crippen MR) is 60.7 cm³/mol. The highest BCUT2D eigenvalue weighted by Gasteiger charge is 2.19. The summed E-state index contributed by atoms with van der Waals surface area (Å²) in [6.45, 7) is 1.66. The van der Waals surface area contributed by atoms with Crippen LogP contribution in [0.1, 0.15) is 5.76 Å². The quantitative estimate of drug-likeness (QED) is 0.836. The first-order chi connectivity index (χ1) is 7.99. The third-order valence-corrected chi connectivity index (χ3v) is 3.37. The first kappa shape index (κ1) is 11.4. The average Bonchev–Trinajstić information content (AvgIpc) is 2.63. The Bertz CT molecular complexity index is 635. The van der Waals surface area contributed by atoms with E-state index in [0.29, 0.717) is 5.76 Å². The van der Waals surface area contributed by atoms with Crippen molar-refractivity contribution in [3.05, 3.63) is 30.3 Å². The predicted octanol–water partition coefficient (Wildman–Crippen LogP) is 0.761. The molecule has 0 saturated heterocycles. The van der Waals surface area contributed by atoms with Crippen LogP contribution < -0.4 is 10.5 Å². The number of anilines is 2. The van der Waals surface area contributed by atoms with E-state index < -0.39 is 10.0 Å². The highest BCUT2D eigenvalue weighted by atomic mass is 32.2. The van der Waals surface area contributed by atoms with Crippen molar-refractivity contribution in [2.45, 2.75) is 11.8 Å². The monoisotopic (exact) mass is 254 g/mol. The Morgan fingerprint density at radius 1 is 1.47 bits per heavy atom. The molecule has 0 spiro atoms. The highest BCUT2D eigenvalue weighted by molar-refractivity contribution is 7.92. The van der Waals surface area contributed by atoms with Gasteiger partial charge in [-0.15, -0.1) is 0 Å². The van der Waals surface area contributed by atoms with Crippen LogP contribution in [0.15, 0.2) is 33.9 Å². The van der Waals surface area contributed by atoms with Crippen molar-refractivity contribution in [1.29, 1.82) is 0 Å². The summed E-state index contributed by atoms with van der Waals surface area (Å²) in [5, 5.41) is 3.53. The third-order valence-electron chi connectivity index (χ3n) is 1.97. The summed E-state index contributed by atoms with van der Waals surface area (Å²) in [6.07, 6.45) is 2.58. The molecule has 0 amide bonds. The van der Waals surface area contributed by atoms with Gasteiger partial charge in [-0.25, -0.2) is 8.42 Å². The smallest absolute Gasteiger partial charge is 0.266 e. The van der Waals surface area contributed by atoms with Gasteiger partial charge in [0.2, 0.25) is 0 Å². The van der Waals surface area contributed by atoms with Crippen molar-refractivity contribution < 1.29 is 12.9 Å². The number of aryl methyl sites for hydroxylation is 1. The van der Waals surface area contributed by atoms with Gasteiger partial charge >= 0.3 is 0 Å². The van der Waals surface area contributed by atoms with Crippen LogP contribution in [-0.4, -0.2) is 18.6 Å². The Balaban J connectivity index is 2.35. The van der Waals surface area contributed by atoms with Crippen molar-refractivity contribution in [3.63, 3.8) is 0 Å². The normalized spacial score (nSPS) is 11.4. The fraction of sp³-hybridized carbons (Fsp3) is 0.111. The number of hydrogen-bond acceptors (Lipinski definition) is 6. The summed E-state index contributed by atoms with van der Waals surface area (Å²) in [4.78, 5) is 3.62. The lowest BCUT2D eigenvalue weighted by Crippen LogP contribution is -2.15. The Morgan fingerprint density at radius 3 is 2.82 bits per heavy atom. The fourth-order valence-corrected chi connectivity index (χ4v) is 2.28. The molecule has 0 saturated carbocycles. The Kier molecular flexibility index (Phi) is 2.72. The van der Waals surface area contributed by atoms with Gasteiger partial charge in [0.05, 0.1) is 5.69 Å². The summed E-state index contributed by atoms with van der Waals surface area (Å²) in [6, 6.07) is 2.87. The number of nitrogens with two attached hydrogens (primary N) is 1. The van der Waals surface area contributed by atoms with Crippen LogP contribution in [0.2, 0.25) is 0 Å². The second-order valence-electron chi connectivity index (χ2n) is 3.34. The average molecular weight is 254 g/mol. The molecule has 0 aliphatic carbocycles. The third kappa shape index (κ3) is 2.36. The molecule has 2 aromatic rings. The first-order valence-electron chi connectivity index (χ1n) is 4.64. The molecule has 17 heavy (non-hydrogen) atoms. The van der Waals surface area contributed by atoms with Gasteiger partial charge in [-0.2, -0.15) is 0 Å². The summed E-state index contributed by atoms with van der Waals surface area (Å²) >= 11 is 0.